The maximum absolute atomic E-state index is 12.3. The van der Waals surface area contributed by atoms with E-state index in [9.17, 15) is 9.59 Å². The van der Waals surface area contributed by atoms with E-state index in [0.717, 1.165) is 19.3 Å². The van der Waals surface area contributed by atoms with Crippen molar-refractivity contribution < 1.29 is 9.59 Å². The van der Waals surface area contributed by atoms with Crippen LogP contribution in [0.5, 0.6) is 0 Å². The van der Waals surface area contributed by atoms with E-state index in [1.54, 1.807) is 11.8 Å². The van der Waals surface area contributed by atoms with Crippen molar-refractivity contribution in [3.8, 4) is 0 Å². The molecule has 1 aliphatic heterocycles. The first kappa shape index (κ1) is 16.0. The third-order valence-electron chi connectivity index (χ3n) is 3.98. The van der Waals surface area contributed by atoms with Gasteiger partial charge in [-0.15, -0.1) is 0 Å². The van der Waals surface area contributed by atoms with Crippen LogP contribution in [0.4, 0.5) is 0 Å². The first-order chi connectivity index (χ1) is 8.88. The number of hydrogen-bond donors (Lipinski definition) is 1. The summed E-state index contributed by atoms with van der Waals surface area (Å²) in [4.78, 5) is 26.2. The second-order valence-electron chi connectivity index (χ2n) is 6.13. The van der Waals surface area contributed by atoms with Crippen molar-refractivity contribution >= 4 is 11.8 Å². The second-order valence-corrected chi connectivity index (χ2v) is 6.13. The van der Waals surface area contributed by atoms with Gasteiger partial charge in [-0.3, -0.25) is 9.59 Å². The Morgan fingerprint density at radius 3 is 2.42 bits per heavy atom. The lowest BCUT2D eigenvalue weighted by Crippen LogP contribution is -2.64. The summed E-state index contributed by atoms with van der Waals surface area (Å²) in [6.45, 7) is 10.9. The summed E-state index contributed by atoms with van der Waals surface area (Å²) in [5.41, 5.74) is 0. The summed E-state index contributed by atoms with van der Waals surface area (Å²) >= 11 is 0. The van der Waals surface area contributed by atoms with E-state index in [4.69, 9.17) is 0 Å². The molecule has 1 N–H and O–H groups in total. The quantitative estimate of drug-likeness (QED) is 0.802. The fourth-order valence-corrected chi connectivity index (χ4v) is 2.60. The third-order valence-corrected chi connectivity index (χ3v) is 3.98. The molecule has 4 nitrogen and oxygen atoms in total. The Kier molecular flexibility index (Phi) is 5.83. The Balaban J connectivity index is 2.77. The van der Waals surface area contributed by atoms with Crippen LogP contribution < -0.4 is 5.32 Å². The highest BCUT2D eigenvalue weighted by molar-refractivity contribution is 5.96. The first-order valence-corrected chi connectivity index (χ1v) is 7.49. The average molecular weight is 268 g/mol. The molecule has 0 radical (unpaired) electrons. The minimum atomic E-state index is -0.383. The lowest BCUT2D eigenvalue weighted by molar-refractivity contribution is -0.151. The van der Waals surface area contributed by atoms with Crippen LogP contribution in [0, 0.1) is 11.8 Å². The summed E-state index contributed by atoms with van der Waals surface area (Å²) in [6.07, 6.45) is 2.96. The normalized spacial score (nSPS) is 25.7. The van der Waals surface area contributed by atoms with E-state index in [1.165, 1.54) is 0 Å². The van der Waals surface area contributed by atoms with Gasteiger partial charge in [-0.25, -0.2) is 0 Å². The summed E-state index contributed by atoms with van der Waals surface area (Å²) in [6, 6.07) is -0.673. The van der Waals surface area contributed by atoms with Gasteiger partial charge < -0.3 is 10.2 Å². The lowest BCUT2D eigenvalue weighted by Gasteiger charge is -2.40. The topological polar surface area (TPSA) is 49.4 Å². The van der Waals surface area contributed by atoms with Crippen molar-refractivity contribution in [3.63, 3.8) is 0 Å². The maximum atomic E-state index is 12.3. The number of amides is 2. The number of hydrogen-bond acceptors (Lipinski definition) is 2. The minimum Gasteiger partial charge on any atom is -0.343 e. The molecule has 1 aliphatic rings. The van der Waals surface area contributed by atoms with E-state index in [0.29, 0.717) is 12.5 Å². The number of carbonyl (C=O) groups is 2. The monoisotopic (exact) mass is 268 g/mol. The van der Waals surface area contributed by atoms with Gasteiger partial charge >= 0.3 is 0 Å². The molecule has 0 aliphatic carbocycles. The molecular weight excluding hydrogens is 240 g/mol. The highest BCUT2D eigenvalue weighted by Gasteiger charge is 2.40. The molecule has 19 heavy (non-hydrogen) atoms. The summed E-state index contributed by atoms with van der Waals surface area (Å²) in [5.74, 6) is 0.906. The smallest absolute Gasteiger partial charge is 0.245 e. The minimum absolute atomic E-state index is 0.00555. The van der Waals surface area contributed by atoms with Gasteiger partial charge in [0, 0.05) is 6.54 Å². The zero-order chi connectivity index (χ0) is 14.6. The second kappa shape index (κ2) is 6.92. The molecule has 1 saturated heterocycles. The Hall–Kier alpha value is -1.06. The van der Waals surface area contributed by atoms with Gasteiger partial charge in [-0.1, -0.05) is 34.1 Å². The lowest BCUT2D eigenvalue weighted by atomic mass is 9.93. The molecule has 0 aromatic carbocycles. The van der Waals surface area contributed by atoms with Crippen LogP contribution in [0.1, 0.15) is 53.9 Å². The van der Waals surface area contributed by atoms with Gasteiger partial charge in [0.05, 0.1) is 0 Å². The van der Waals surface area contributed by atoms with Gasteiger partial charge in [0.15, 0.2) is 0 Å². The van der Waals surface area contributed by atoms with Crippen molar-refractivity contribution in [1.29, 1.82) is 0 Å². The van der Waals surface area contributed by atoms with Crippen LogP contribution in [0.2, 0.25) is 0 Å². The molecule has 3 unspecified atom stereocenters. The number of nitrogens with one attached hydrogen (secondary N) is 1. The maximum Gasteiger partial charge on any atom is 0.245 e. The fourth-order valence-electron chi connectivity index (χ4n) is 2.60. The molecule has 0 bridgehead atoms. The van der Waals surface area contributed by atoms with Gasteiger partial charge in [0.1, 0.15) is 12.1 Å². The SMILES string of the molecule is CCC(C)C1C(=O)NC(C)C(=O)N1CCCC(C)C. The van der Waals surface area contributed by atoms with Crippen LogP contribution in [-0.4, -0.2) is 35.3 Å². The molecule has 0 saturated carbocycles. The standard InChI is InChI=1S/C15H28N2O2/c1-6-11(4)13-14(18)16-12(5)15(19)17(13)9-7-8-10(2)3/h10-13H,6-9H2,1-5H3,(H,16,18). The van der Waals surface area contributed by atoms with Crippen LogP contribution >= 0.6 is 0 Å². The largest absolute Gasteiger partial charge is 0.343 e. The highest BCUT2D eigenvalue weighted by Crippen LogP contribution is 2.21. The Morgan fingerprint density at radius 1 is 1.26 bits per heavy atom. The number of nitrogens with zero attached hydrogens (tertiary/aromatic N) is 1. The molecule has 0 aromatic rings. The third kappa shape index (κ3) is 3.95. The van der Waals surface area contributed by atoms with Gasteiger partial charge in [-0.2, -0.15) is 0 Å². The fraction of sp³-hybridized carbons (Fsp3) is 0.867. The van der Waals surface area contributed by atoms with Crippen LogP contribution in [0.3, 0.4) is 0 Å². The first-order valence-electron chi connectivity index (χ1n) is 7.49. The molecule has 1 fully saturated rings. The molecular formula is C15H28N2O2. The van der Waals surface area contributed by atoms with Gasteiger partial charge in [0.2, 0.25) is 11.8 Å². The Labute approximate surface area is 116 Å². The predicted octanol–water partition coefficient (Wildman–Crippen LogP) is 2.18. The summed E-state index contributed by atoms with van der Waals surface area (Å²) < 4.78 is 0. The number of piperazine rings is 1. The van der Waals surface area contributed by atoms with E-state index in [1.807, 2.05) is 6.92 Å². The molecule has 110 valence electrons. The van der Waals surface area contributed by atoms with Crippen LogP contribution in [0.15, 0.2) is 0 Å². The van der Waals surface area contributed by atoms with E-state index in [2.05, 4.69) is 26.1 Å². The zero-order valence-electron chi connectivity index (χ0n) is 12.9. The zero-order valence-corrected chi connectivity index (χ0v) is 12.9. The predicted molar refractivity (Wildman–Crippen MR) is 76.6 cm³/mol. The van der Waals surface area contributed by atoms with Crippen LogP contribution in [0.25, 0.3) is 0 Å². The van der Waals surface area contributed by atoms with Crippen molar-refractivity contribution in [1.82, 2.24) is 10.2 Å². The Morgan fingerprint density at radius 2 is 1.89 bits per heavy atom. The highest BCUT2D eigenvalue weighted by atomic mass is 16.2. The molecule has 4 heteroatoms. The molecule has 1 rings (SSSR count). The average Bonchev–Trinajstić information content (AvgIpc) is 2.34. The van der Waals surface area contributed by atoms with Gasteiger partial charge in [0.25, 0.3) is 0 Å². The van der Waals surface area contributed by atoms with Crippen molar-refractivity contribution in [2.45, 2.75) is 66.0 Å². The Bertz CT molecular complexity index is 328. The molecule has 3 atom stereocenters. The molecule has 2 amide bonds. The molecule has 1 heterocycles. The number of carbonyl (C=O) groups excluding carboxylic acids is 2. The summed E-state index contributed by atoms with van der Waals surface area (Å²) in [5, 5.41) is 2.79. The van der Waals surface area contributed by atoms with Gasteiger partial charge in [-0.05, 0) is 31.6 Å². The van der Waals surface area contributed by atoms with E-state index in [-0.39, 0.29) is 29.8 Å². The van der Waals surface area contributed by atoms with Crippen LogP contribution in [-0.2, 0) is 9.59 Å². The molecule has 0 spiro atoms. The van der Waals surface area contributed by atoms with E-state index < -0.39 is 0 Å². The molecule has 0 aromatic heterocycles. The number of rotatable bonds is 6. The van der Waals surface area contributed by atoms with Crippen molar-refractivity contribution in [2.75, 3.05) is 6.54 Å². The van der Waals surface area contributed by atoms with Crippen molar-refractivity contribution in [3.05, 3.63) is 0 Å². The van der Waals surface area contributed by atoms with Crippen molar-refractivity contribution in [2.24, 2.45) is 11.8 Å². The van der Waals surface area contributed by atoms with E-state index >= 15 is 0 Å². The summed E-state index contributed by atoms with van der Waals surface area (Å²) in [7, 11) is 0.